The number of primary sulfonamides is 1. The fourth-order valence-electron chi connectivity index (χ4n) is 0.941. The molecule has 15 heavy (non-hydrogen) atoms. The second-order valence-electron chi connectivity index (χ2n) is 2.69. The third-order valence-electron chi connectivity index (χ3n) is 1.66. The number of halogens is 1. The quantitative estimate of drug-likeness (QED) is 0.479. The summed E-state index contributed by atoms with van der Waals surface area (Å²) in [6, 6.07) is 3.15. The molecule has 0 saturated heterocycles. The van der Waals surface area contributed by atoms with E-state index >= 15 is 0 Å². The Morgan fingerprint density at radius 2 is 2.20 bits per heavy atom. The Hall–Kier alpha value is -1.63. The molecule has 1 aromatic rings. The van der Waals surface area contributed by atoms with Gasteiger partial charge in [-0.2, -0.15) is 0 Å². The van der Waals surface area contributed by atoms with Crippen LogP contribution in [0.5, 0.6) is 0 Å². The topological polar surface area (TPSA) is 109 Å². The molecule has 0 saturated carbocycles. The molecule has 0 unspecified atom stereocenters. The van der Waals surface area contributed by atoms with Gasteiger partial charge in [0.25, 0.3) is 0 Å². The Morgan fingerprint density at radius 1 is 1.53 bits per heavy atom. The minimum absolute atomic E-state index is 0.111. The van der Waals surface area contributed by atoms with Gasteiger partial charge in [0.05, 0.1) is 11.4 Å². The zero-order valence-electron chi connectivity index (χ0n) is 7.46. The lowest BCUT2D eigenvalue weighted by molar-refractivity contribution is 0.588. The molecule has 1 aromatic carbocycles. The van der Waals surface area contributed by atoms with Crippen LogP contribution >= 0.6 is 0 Å². The summed E-state index contributed by atoms with van der Waals surface area (Å²) >= 11 is 0. The highest BCUT2D eigenvalue weighted by Gasteiger charge is 2.10. The maximum absolute atomic E-state index is 13.2. The number of nitrogens with two attached hydrogens (primary N) is 1. The number of sulfonamides is 1. The van der Waals surface area contributed by atoms with Crippen LogP contribution in [0.25, 0.3) is 10.4 Å². The minimum Gasteiger partial charge on any atom is -0.225 e. The second kappa shape index (κ2) is 4.26. The van der Waals surface area contributed by atoms with E-state index in [0.717, 1.165) is 12.1 Å². The number of rotatable bonds is 3. The molecule has 0 aliphatic heterocycles. The Labute approximate surface area is 85.2 Å². The summed E-state index contributed by atoms with van der Waals surface area (Å²) in [4.78, 5) is 2.14. The van der Waals surface area contributed by atoms with E-state index in [2.05, 4.69) is 10.0 Å². The van der Waals surface area contributed by atoms with Crippen LogP contribution in [0.2, 0.25) is 0 Å². The highest BCUT2D eigenvalue weighted by atomic mass is 32.2. The van der Waals surface area contributed by atoms with Gasteiger partial charge >= 0.3 is 0 Å². The van der Waals surface area contributed by atoms with E-state index in [1.165, 1.54) is 6.07 Å². The molecule has 0 radical (unpaired) electrons. The number of benzene rings is 1. The van der Waals surface area contributed by atoms with Gasteiger partial charge in [-0.1, -0.05) is 11.2 Å². The molecular formula is C7H7FN4O2S. The Morgan fingerprint density at radius 3 is 2.67 bits per heavy atom. The van der Waals surface area contributed by atoms with Crippen molar-refractivity contribution in [1.82, 2.24) is 0 Å². The standard InChI is InChI=1S/C7H7FN4O2S/c8-7-3-6(15(10,13)14)2-1-5(7)4-11-12-9/h1-3H,4H2,(H2,10,13,14). The molecule has 8 heteroatoms. The van der Waals surface area contributed by atoms with Crippen LogP contribution in [0.1, 0.15) is 5.56 Å². The van der Waals surface area contributed by atoms with E-state index in [9.17, 15) is 12.8 Å². The van der Waals surface area contributed by atoms with Gasteiger partial charge in [0.15, 0.2) is 0 Å². The summed E-state index contributed by atoms with van der Waals surface area (Å²) in [5.74, 6) is -0.770. The van der Waals surface area contributed by atoms with E-state index < -0.39 is 15.8 Å². The largest absolute Gasteiger partial charge is 0.238 e. The van der Waals surface area contributed by atoms with Gasteiger partial charge < -0.3 is 0 Å². The van der Waals surface area contributed by atoms with Gasteiger partial charge in [-0.05, 0) is 23.2 Å². The average Bonchev–Trinajstić information content (AvgIpc) is 2.14. The lowest BCUT2D eigenvalue weighted by Crippen LogP contribution is -2.12. The highest BCUT2D eigenvalue weighted by molar-refractivity contribution is 7.89. The van der Waals surface area contributed by atoms with Crippen LogP contribution in [-0.2, 0) is 16.6 Å². The summed E-state index contributed by atoms with van der Waals surface area (Å²) in [6.07, 6.45) is 0. The van der Waals surface area contributed by atoms with Gasteiger partial charge in [0, 0.05) is 4.91 Å². The first-order valence-electron chi connectivity index (χ1n) is 3.77. The first-order valence-corrected chi connectivity index (χ1v) is 5.32. The van der Waals surface area contributed by atoms with Crippen LogP contribution in [0.4, 0.5) is 4.39 Å². The van der Waals surface area contributed by atoms with Crippen molar-refractivity contribution in [1.29, 1.82) is 0 Å². The van der Waals surface area contributed by atoms with Crippen molar-refractivity contribution in [2.45, 2.75) is 11.4 Å². The third-order valence-corrected chi connectivity index (χ3v) is 2.57. The summed E-state index contributed by atoms with van der Waals surface area (Å²) in [6.45, 7) is -0.173. The minimum atomic E-state index is -3.91. The predicted octanol–water partition coefficient (Wildman–Crippen LogP) is 1.28. The number of azide groups is 1. The maximum atomic E-state index is 13.2. The van der Waals surface area contributed by atoms with Crippen LogP contribution in [0, 0.1) is 5.82 Å². The van der Waals surface area contributed by atoms with Crippen LogP contribution in [0.15, 0.2) is 28.2 Å². The second-order valence-corrected chi connectivity index (χ2v) is 4.25. The Kier molecular flexibility index (Phi) is 3.25. The average molecular weight is 230 g/mol. The molecule has 2 N–H and O–H groups in total. The van der Waals surface area contributed by atoms with E-state index in [4.69, 9.17) is 10.7 Å². The lowest BCUT2D eigenvalue weighted by atomic mass is 10.2. The molecular weight excluding hydrogens is 223 g/mol. The molecule has 6 nitrogen and oxygen atoms in total. The Balaban J connectivity index is 3.14. The van der Waals surface area contributed by atoms with E-state index in [-0.39, 0.29) is 17.0 Å². The zero-order valence-corrected chi connectivity index (χ0v) is 8.28. The SMILES string of the molecule is [N-]=[N+]=NCc1ccc(S(N)(=O)=O)cc1F. The zero-order chi connectivity index (χ0) is 11.5. The summed E-state index contributed by atoms with van der Waals surface area (Å²) in [7, 11) is -3.91. The van der Waals surface area contributed by atoms with Gasteiger partial charge in [0.1, 0.15) is 5.82 Å². The van der Waals surface area contributed by atoms with E-state index in [1.54, 1.807) is 0 Å². The van der Waals surface area contributed by atoms with Crippen LogP contribution in [-0.4, -0.2) is 8.42 Å². The number of nitrogens with zero attached hydrogens (tertiary/aromatic N) is 3. The van der Waals surface area contributed by atoms with E-state index in [0.29, 0.717) is 0 Å². The fraction of sp³-hybridized carbons (Fsp3) is 0.143. The molecule has 0 aliphatic carbocycles. The first kappa shape index (κ1) is 11.4. The normalized spacial score (nSPS) is 10.8. The van der Waals surface area contributed by atoms with Gasteiger partial charge in [-0.15, -0.1) is 0 Å². The van der Waals surface area contributed by atoms with Crippen LogP contribution < -0.4 is 5.14 Å². The maximum Gasteiger partial charge on any atom is 0.238 e. The third kappa shape index (κ3) is 2.91. The molecule has 0 fully saturated rings. The van der Waals surface area contributed by atoms with Gasteiger partial charge in [0.2, 0.25) is 10.0 Å². The van der Waals surface area contributed by atoms with Crippen molar-refractivity contribution < 1.29 is 12.8 Å². The van der Waals surface area contributed by atoms with Crippen molar-refractivity contribution in [2.24, 2.45) is 10.3 Å². The van der Waals surface area contributed by atoms with E-state index in [1.807, 2.05) is 0 Å². The number of hydrogen-bond acceptors (Lipinski definition) is 3. The molecule has 1 rings (SSSR count). The fourth-order valence-corrected chi connectivity index (χ4v) is 1.47. The smallest absolute Gasteiger partial charge is 0.225 e. The van der Waals surface area contributed by atoms with Crippen molar-refractivity contribution in [3.05, 3.63) is 40.0 Å². The van der Waals surface area contributed by atoms with Crippen molar-refractivity contribution in [3.8, 4) is 0 Å². The van der Waals surface area contributed by atoms with Crippen molar-refractivity contribution in [3.63, 3.8) is 0 Å². The Bertz CT molecular complexity index is 522. The molecule has 0 aliphatic rings. The van der Waals surface area contributed by atoms with Crippen molar-refractivity contribution >= 4 is 10.0 Å². The first-order chi connectivity index (χ1) is 6.95. The van der Waals surface area contributed by atoms with Crippen LogP contribution in [0.3, 0.4) is 0 Å². The van der Waals surface area contributed by atoms with Gasteiger partial charge in [-0.25, -0.2) is 17.9 Å². The molecule has 0 aromatic heterocycles. The predicted molar refractivity (Wildman–Crippen MR) is 50.6 cm³/mol. The van der Waals surface area contributed by atoms with Crippen molar-refractivity contribution in [2.75, 3.05) is 0 Å². The molecule has 0 amide bonds. The lowest BCUT2D eigenvalue weighted by Gasteiger charge is -2.01. The van der Waals surface area contributed by atoms with Gasteiger partial charge in [-0.3, -0.25) is 0 Å². The monoisotopic (exact) mass is 230 g/mol. The number of hydrogen-bond donors (Lipinski definition) is 1. The highest BCUT2D eigenvalue weighted by Crippen LogP contribution is 2.14. The molecule has 0 bridgehead atoms. The molecule has 0 spiro atoms. The molecule has 80 valence electrons. The summed E-state index contributed by atoms with van der Waals surface area (Å²) < 4.78 is 34.9. The summed E-state index contributed by atoms with van der Waals surface area (Å²) in [5.41, 5.74) is 8.13. The molecule has 0 heterocycles. The molecule has 0 atom stereocenters. The summed E-state index contributed by atoms with van der Waals surface area (Å²) in [5, 5.41) is 7.95.